The fourth-order valence-electron chi connectivity index (χ4n) is 2.54. The SMILES string of the molecule is COC(=O)c1ccc(C(=O)OC)c(NC(=O)Cc2cc(C)ccc2C)c1. The zero-order valence-electron chi connectivity index (χ0n) is 15.2. The standard InChI is InChI=1S/C20H21NO5/c1-12-5-6-13(2)15(9-12)11-18(22)21-17-10-14(19(23)25-3)7-8-16(17)20(24)26-4/h5-10H,11H2,1-4H3,(H,21,22). The molecule has 0 radical (unpaired) electrons. The monoisotopic (exact) mass is 355 g/mol. The van der Waals surface area contributed by atoms with Crippen LogP contribution in [0.4, 0.5) is 5.69 Å². The van der Waals surface area contributed by atoms with Gasteiger partial charge in [0.2, 0.25) is 5.91 Å². The molecule has 0 bridgehead atoms. The van der Waals surface area contributed by atoms with Crippen LogP contribution in [0, 0.1) is 13.8 Å². The van der Waals surface area contributed by atoms with E-state index in [4.69, 9.17) is 4.74 Å². The van der Waals surface area contributed by atoms with Crippen molar-refractivity contribution in [2.75, 3.05) is 19.5 Å². The highest BCUT2D eigenvalue weighted by Gasteiger charge is 2.17. The van der Waals surface area contributed by atoms with Gasteiger partial charge in [0.1, 0.15) is 0 Å². The second-order valence-electron chi connectivity index (χ2n) is 5.90. The van der Waals surface area contributed by atoms with E-state index in [1.165, 1.54) is 32.4 Å². The maximum atomic E-state index is 12.5. The van der Waals surface area contributed by atoms with Crippen molar-refractivity contribution in [3.05, 3.63) is 64.2 Å². The van der Waals surface area contributed by atoms with Crippen LogP contribution in [0.15, 0.2) is 36.4 Å². The minimum absolute atomic E-state index is 0.149. The quantitative estimate of drug-likeness (QED) is 0.834. The smallest absolute Gasteiger partial charge is 0.339 e. The minimum Gasteiger partial charge on any atom is -0.465 e. The molecule has 0 atom stereocenters. The van der Waals surface area contributed by atoms with Gasteiger partial charge in [-0.25, -0.2) is 9.59 Å². The molecule has 1 N–H and O–H groups in total. The Labute approximate surface area is 152 Å². The topological polar surface area (TPSA) is 81.7 Å². The Bertz CT molecular complexity index is 857. The third-order valence-electron chi connectivity index (χ3n) is 3.98. The molecule has 2 rings (SSSR count). The van der Waals surface area contributed by atoms with Crippen molar-refractivity contribution >= 4 is 23.5 Å². The lowest BCUT2D eigenvalue weighted by atomic mass is 10.0. The highest BCUT2D eigenvalue weighted by atomic mass is 16.5. The van der Waals surface area contributed by atoms with Gasteiger partial charge in [-0.2, -0.15) is 0 Å². The molecule has 0 aromatic heterocycles. The maximum absolute atomic E-state index is 12.5. The Morgan fingerprint density at radius 3 is 2.27 bits per heavy atom. The first-order valence-electron chi connectivity index (χ1n) is 8.02. The average molecular weight is 355 g/mol. The molecule has 0 spiro atoms. The van der Waals surface area contributed by atoms with Crippen molar-refractivity contribution < 1.29 is 23.9 Å². The Hall–Kier alpha value is -3.15. The number of ether oxygens (including phenoxy) is 2. The molecule has 6 heteroatoms. The average Bonchev–Trinajstić information content (AvgIpc) is 2.63. The number of anilines is 1. The first-order valence-corrected chi connectivity index (χ1v) is 8.02. The lowest BCUT2D eigenvalue weighted by molar-refractivity contribution is -0.115. The summed E-state index contributed by atoms with van der Waals surface area (Å²) in [6.45, 7) is 3.88. The van der Waals surface area contributed by atoms with Crippen LogP contribution in [0.25, 0.3) is 0 Å². The van der Waals surface area contributed by atoms with Gasteiger partial charge in [0, 0.05) is 0 Å². The fraction of sp³-hybridized carbons (Fsp3) is 0.250. The first kappa shape index (κ1) is 19.2. The van der Waals surface area contributed by atoms with Crippen molar-refractivity contribution in [3.8, 4) is 0 Å². The Morgan fingerprint density at radius 2 is 1.62 bits per heavy atom. The Morgan fingerprint density at radius 1 is 0.923 bits per heavy atom. The lowest BCUT2D eigenvalue weighted by Crippen LogP contribution is -2.18. The van der Waals surface area contributed by atoms with Crippen molar-refractivity contribution in [2.45, 2.75) is 20.3 Å². The number of esters is 2. The third-order valence-corrected chi connectivity index (χ3v) is 3.98. The molecular weight excluding hydrogens is 334 g/mol. The molecule has 6 nitrogen and oxygen atoms in total. The molecule has 0 heterocycles. The van der Waals surface area contributed by atoms with Crippen molar-refractivity contribution in [3.63, 3.8) is 0 Å². The fourth-order valence-corrected chi connectivity index (χ4v) is 2.54. The zero-order chi connectivity index (χ0) is 19.3. The number of rotatable bonds is 5. The molecule has 0 aliphatic carbocycles. The van der Waals surface area contributed by atoms with Gasteiger partial charge in [0.15, 0.2) is 0 Å². The van der Waals surface area contributed by atoms with E-state index in [2.05, 4.69) is 10.1 Å². The predicted octanol–water partition coefficient (Wildman–Crippen LogP) is 3.06. The van der Waals surface area contributed by atoms with E-state index < -0.39 is 11.9 Å². The van der Waals surface area contributed by atoms with E-state index in [0.717, 1.165) is 16.7 Å². The summed E-state index contributed by atoms with van der Waals surface area (Å²) in [5.41, 5.74) is 3.54. The van der Waals surface area contributed by atoms with Gasteiger partial charge in [0.05, 0.1) is 37.5 Å². The number of benzene rings is 2. The molecule has 2 aromatic rings. The minimum atomic E-state index is -0.608. The molecular formula is C20H21NO5. The summed E-state index contributed by atoms with van der Waals surface area (Å²) in [6, 6.07) is 10.1. The normalized spacial score (nSPS) is 10.2. The van der Waals surface area contributed by atoms with Gasteiger partial charge >= 0.3 is 11.9 Å². The number of amides is 1. The molecule has 26 heavy (non-hydrogen) atoms. The summed E-state index contributed by atoms with van der Waals surface area (Å²) in [4.78, 5) is 36.1. The van der Waals surface area contributed by atoms with Gasteiger partial charge in [-0.05, 0) is 43.2 Å². The van der Waals surface area contributed by atoms with Crippen LogP contribution >= 0.6 is 0 Å². The van der Waals surface area contributed by atoms with Crippen molar-refractivity contribution in [2.24, 2.45) is 0 Å². The molecule has 0 aliphatic rings. The summed E-state index contributed by atoms with van der Waals surface area (Å²) in [6.07, 6.45) is 0.149. The molecule has 0 saturated heterocycles. The third kappa shape index (κ3) is 4.47. The summed E-state index contributed by atoms with van der Waals surface area (Å²) < 4.78 is 9.41. The summed E-state index contributed by atoms with van der Waals surface area (Å²) in [5.74, 6) is -1.47. The summed E-state index contributed by atoms with van der Waals surface area (Å²) >= 11 is 0. The first-order chi connectivity index (χ1) is 12.3. The molecule has 0 unspecified atom stereocenters. The van der Waals surface area contributed by atoms with Crippen LogP contribution in [0.2, 0.25) is 0 Å². The van der Waals surface area contributed by atoms with E-state index >= 15 is 0 Å². The van der Waals surface area contributed by atoms with E-state index in [9.17, 15) is 14.4 Å². The maximum Gasteiger partial charge on any atom is 0.339 e. The summed E-state index contributed by atoms with van der Waals surface area (Å²) in [7, 11) is 2.51. The highest BCUT2D eigenvalue weighted by molar-refractivity contribution is 6.03. The molecule has 136 valence electrons. The van der Waals surface area contributed by atoms with E-state index in [0.29, 0.717) is 0 Å². The highest BCUT2D eigenvalue weighted by Crippen LogP contribution is 2.21. The molecule has 1 amide bonds. The van der Waals surface area contributed by atoms with Crippen LogP contribution in [-0.4, -0.2) is 32.1 Å². The van der Waals surface area contributed by atoms with Gasteiger partial charge < -0.3 is 14.8 Å². The van der Waals surface area contributed by atoms with E-state index in [1.54, 1.807) is 0 Å². The van der Waals surface area contributed by atoms with Gasteiger partial charge in [-0.1, -0.05) is 23.8 Å². The zero-order valence-corrected chi connectivity index (χ0v) is 15.2. The second kappa shape index (κ2) is 8.29. The van der Waals surface area contributed by atoms with Gasteiger partial charge in [-0.15, -0.1) is 0 Å². The molecule has 0 fully saturated rings. The van der Waals surface area contributed by atoms with Crippen LogP contribution in [0.5, 0.6) is 0 Å². The Balaban J connectivity index is 2.30. The Kier molecular flexibility index (Phi) is 6.11. The van der Waals surface area contributed by atoms with E-state index in [1.807, 2.05) is 32.0 Å². The summed E-state index contributed by atoms with van der Waals surface area (Å²) in [5, 5.41) is 2.69. The van der Waals surface area contributed by atoms with Crippen LogP contribution < -0.4 is 5.32 Å². The van der Waals surface area contributed by atoms with Crippen molar-refractivity contribution in [1.82, 2.24) is 0 Å². The molecule has 0 aliphatic heterocycles. The lowest BCUT2D eigenvalue weighted by Gasteiger charge is -2.12. The van der Waals surface area contributed by atoms with Crippen molar-refractivity contribution in [1.29, 1.82) is 0 Å². The van der Waals surface area contributed by atoms with Crippen LogP contribution in [0.3, 0.4) is 0 Å². The number of hydrogen-bond acceptors (Lipinski definition) is 5. The number of hydrogen-bond donors (Lipinski definition) is 1. The number of carbonyl (C=O) groups excluding carboxylic acids is 3. The number of carbonyl (C=O) groups is 3. The number of aryl methyl sites for hydroxylation is 2. The van der Waals surface area contributed by atoms with Gasteiger partial charge in [-0.3, -0.25) is 4.79 Å². The largest absolute Gasteiger partial charge is 0.465 e. The van der Waals surface area contributed by atoms with Crippen LogP contribution in [-0.2, 0) is 20.7 Å². The molecule has 0 saturated carbocycles. The number of nitrogens with one attached hydrogen (secondary N) is 1. The second-order valence-corrected chi connectivity index (χ2v) is 5.90. The van der Waals surface area contributed by atoms with Crippen LogP contribution in [0.1, 0.15) is 37.4 Å². The van der Waals surface area contributed by atoms with Gasteiger partial charge in [0.25, 0.3) is 0 Å². The number of methoxy groups -OCH3 is 2. The van der Waals surface area contributed by atoms with E-state index in [-0.39, 0.29) is 29.1 Å². The predicted molar refractivity (Wildman–Crippen MR) is 97.4 cm³/mol. The molecule has 2 aromatic carbocycles.